The molecular formula is C22H33N2O2+. The summed E-state index contributed by atoms with van der Waals surface area (Å²) in [6, 6.07) is 15.6. The average molecular weight is 358 g/mol. The lowest BCUT2D eigenvalue weighted by Gasteiger charge is -2.33. The Kier molecular flexibility index (Phi) is 7.30. The molecule has 2 N–H and O–H groups in total. The van der Waals surface area contributed by atoms with Crippen molar-refractivity contribution >= 4 is 0 Å². The molecule has 0 saturated heterocycles. The van der Waals surface area contributed by atoms with Crippen LogP contribution in [0.2, 0.25) is 0 Å². The van der Waals surface area contributed by atoms with Crippen LogP contribution in [-0.4, -0.2) is 42.1 Å². The number of benzene rings is 1. The Balaban J connectivity index is 1.70. The fourth-order valence-corrected chi connectivity index (χ4v) is 4.22. The number of aliphatic hydroxyl groups is 1. The van der Waals surface area contributed by atoms with Gasteiger partial charge < -0.3 is 19.3 Å². The first-order valence-corrected chi connectivity index (χ1v) is 9.96. The Labute approximate surface area is 157 Å². The maximum Gasteiger partial charge on any atom is 0.126 e. The molecular weight excluding hydrogens is 324 g/mol. The number of hydrogen-bond donors (Lipinski definition) is 2. The molecule has 3 rings (SSSR count). The van der Waals surface area contributed by atoms with E-state index in [2.05, 4.69) is 53.2 Å². The number of aromatic nitrogens is 1. The summed E-state index contributed by atoms with van der Waals surface area (Å²) in [7, 11) is 1.66. The van der Waals surface area contributed by atoms with Crippen molar-refractivity contribution in [2.45, 2.75) is 57.3 Å². The van der Waals surface area contributed by atoms with E-state index in [-0.39, 0.29) is 0 Å². The molecule has 1 aromatic carbocycles. The molecule has 0 amide bonds. The van der Waals surface area contributed by atoms with E-state index in [1.54, 1.807) is 7.11 Å². The van der Waals surface area contributed by atoms with Crippen LogP contribution in [0.5, 0.6) is 0 Å². The standard InChI is InChI=1S/C22H32N2O2/c1-26-18-22(25)17-24(20-11-6-3-7-12-20)16-21-13-8-14-23(21)15-19-9-4-2-5-10-19/h2,4-5,8-10,13-14,20,22,25H,3,6-7,11-12,15-18H2,1H3/p+1/t22-/m0/s1. The fraction of sp³-hybridized carbons (Fsp3) is 0.545. The fourth-order valence-electron chi connectivity index (χ4n) is 4.22. The maximum atomic E-state index is 10.3. The van der Waals surface area contributed by atoms with Gasteiger partial charge in [0, 0.05) is 19.9 Å². The van der Waals surface area contributed by atoms with Gasteiger partial charge in [-0.1, -0.05) is 36.8 Å². The van der Waals surface area contributed by atoms with Crippen molar-refractivity contribution in [1.29, 1.82) is 0 Å². The minimum atomic E-state index is -0.394. The van der Waals surface area contributed by atoms with Crippen LogP contribution in [0.15, 0.2) is 48.7 Å². The SMILES string of the molecule is COC[C@@H](O)C[NH+](Cc1cccn1Cc1ccccc1)C1CCCCC1. The molecule has 2 aromatic rings. The molecule has 0 radical (unpaired) electrons. The number of nitrogens with one attached hydrogen (secondary N) is 1. The molecule has 4 heteroatoms. The van der Waals surface area contributed by atoms with Gasteiger partial charge in [-0.15, -0.1) is 0 Å². The molecule has 1 aromatic heterocycles. The molecule has 1 heterocycles. The summed E-state index contributed by atoms with van der Waals surface area (Å²) in [6.07, 6.45) is 8.32. The molecule has 0 bridgehead atoms. The highest BCUT2D eigenvalue weighted by molar-refractivity contribution is 5.17. The zero-order valence-corrected chi connectivity index (χ0v) is 15.9. The van der Waals surface area contributed by atoms with Crippen molar-refractivity contribution in [2.75, 3.05) is 20.3 Å². The Bertz CT molecular complexity index is 635. The van der Waals surface area contributed by atoms with E-state index in [0.717, 1.165) is 19.6 Å². The largest absolute Gasteiger partial charge is 0.385 e. The number of quaternary nitrogens is 1. The van der Waals surface area contributed by atoms with Gasteiger partial charge in [-0.2, -0.15) is 0 Å². The van der Waals surface area contributed by atoms with Crippen molar-refractivity contribution in [2.24, 2.45) is 0 Å². The lowest BCUT2D eigenvalue weighted by atomic mass is 9.94. The monoisotopic (exact) mass is 357 g/mol. The molecule has 1 saturated carbocycles. The summed E-state index contributed by atoms with van der Waals surface area (Å²) in [5, 5.41) is 10.3. The van der Waals surface area contributed by atoms with Crippen LogP contribution in [0.1, 0.15) is 43.4 Å². The molecule has 2 atom stereocenters. The third kappa shape index (κ3) is 5.44. The Morgan fingerprint density at radius 3 is 2.62 bits per heavy atom. The first-order valence-electron chi connectivity index (χ1n) is 9.96. The molecule has 1 aliphatic rings. The topological polar surface area (TPSA) is 38.8 Å². The van der Waals surface area contributed by atoms with Gasteiger partial charge in [0.05, 0.1) is 18.3 Å². The van der Waals surface area contributed by atoms with Gasteiger partial charge >= 0.3 is 0 Å². The number of ether oxygens (including phenoxy) is 1. The van der Waals surface area contributed by atoms with Crippen LogP contribution in [0.3, 0.4) is 0 Å². The van der Waals surface area contributed by atoms with Crippen LogP contribution in [0.4, 0.5) is 0 Å². The van der Waals surface area contributed by atoms with Gasteiger partial charge in [0.2, 0.25) is 0 Å². The maximum absolute atomic E-state index is 10.3. The third-order valence-corrected chi connectivity index (χ3v) is 5.57. The average Bonchev–Trinajstić information content (AvgIpc) is 3.10. The van der Waals surface area contributed by atoms with E-state index in [4.69, 9.17) is 4.74 Å². The van der Waals surface area contributed by atoms with Crippen LogP contribution in [-0.2, 0) is 17.8 Å². The summed E-state index contributed by atoms with van der Waals surface area (Å²) in [4.78, 5) is 1.50. The Hall–Kier alpha value is -1.62. The molecule has 142 valence electrons. The number of rotatable bonds is 9. The molecule has 0 spiro atoms. The van der Waals surface area contributed by atoms with E-state index in [1.807, 2.05) is 0 Å². The number of aliphatic hydroxyl groups excluding tert-OH is 1. The van der Waals surface area contributed by atoms with Gasteiger partial charge in [-0.3, -0.25) is 0 Å². The van der Waals surface area contributed by atoms with Gasteiger partial charge in [-0.05, 0) is 43.4 Å². The number of methoxy groups -OCH3 is 1. The third-order valence-electron chi connectivity index (χ3n) is 5.57. The highest BCUT2D eigenvalue weighted by Gasteiger charge is 2.27. The zero-order valence-electron chi connectivity index (χ0n) is 15.9. The molecule has 0 aliphatic heterocycles. The van der Waals surface area contributed by atoms with Crippen molar-refractivity contribution in [1.82, 2.24) is 4.57 Å². The molecule has 1 aliphatic carbocycles. The summed E-state index contributed by atoms with van der Waals surface area (Å²) >= 11 is 0. The van der Waals surface area contributed by atoms with Crippen molar-refractivity contribution in [3.05, 3.63) is 59.9 Å². The summed E-state index contributed by atoms with van der Waals surface area (Å²) in [5.41, 5.74) is 2.67. The zero-order chi connectivity index (χ0) is 18.2. The van der Waals surface area contributed by atoms with Crippen molar-refractivity contribution in [3.63, 3.8) is 0 Å². The first kappa shape index (κ1) is 19.2. The molecule has 26 heavy (non-hydrogen) atoms. The van der Waals surface area contributed by atoms with E-state index >= 15 is 0 Å². The molecule has 1 fully saturated rings. The Morgan fingerprint density at radius 2 is 1.88 bits per heavy atom. The lowest BCUT2D eigenvalue weighted by Crippen LogP contribution is -3.15. The van der Waals surface area contributed by atoms with E-state index in [1.165, 1.54) is 48.3 Å². The minimum Gasteiger partial charge on any atom is -0.385 e. The highest BCUT2D eigenvalue weighted by Crippen LogP contribution is 2.16. The van der Waals surface area contributed by atoms with E-state index in [9.17, 15) is 5.11 Å². The second-order valence-electron chi connectivity index (χ2n) is 7.60. The number of nitrogens with zero attached hydrogens (tertiary/aromatic N) is 1. The lowest BCUT2D eigenvalue weighted by molar-refractivity contribution is -0.943. The second kappa shape index (κ2) is 9.91. The van der Waals surface area contributed by atoms with Gasteiger partial charge in [0.1, 0.15) is 19.2 Å². The summed E-state index contributed by atoms with van der Waals surface area (Å²) in [6.45, 7) is 3.04. The van der Waals surface area contributed by atoms with Crippen molar-refractivity contribution < 1.29 is 14.7 Å². The molecule has 4 nitrogen and oxygen atoms in total. The van der Waals surface area contributed by atoms with Crippen LogP contribution in [0.25, 0.3) is 0 Å². The second-order valence-corrected chi connectivity index (χ2v) is 7.60. The summed E-state index contributed by atoms with van der Waals surface area (Å²) < 4.78 is 7.51. The molecule has 1 unspecified atom stereocenters. The van der Waals surface area contributed by atoms with E-state index < -0.39 is 6.10 Å². The minimum absolute atomic E-state index is 0.394. The quantitative estimate of drug-likeness (QED) is 0.723. The van der Waals surface area contributed by atoms with Crippen LogP contribution < -0.4 is 4.90 Å². The number of hydrogen-bond acceptors (Lipinski definition) is 2. The summed E-state index contributed by atoms with van der Waals surface area (Å²) in [5.74, 6) is 0. The smallest absolute Gasteiger partial charge is 0.126 e. The first-order chi connectivity index (χ1) is 12.8. The highest BCUT2D eigenvalue weighted by atomic mass is 16.5. The van der Waals surface area contributed by atoms with E-state index in [0.29, 0.717) is 12.6 Å². The van der Waals surface area contributed by atoms with Gasteiger partial charge in [0.25, 0.3) is 0 Å². The van der Waals surface area contributed by atoms with Crippen LogP contribution >= 0.6 is 0 Å². The normalized spacial score (nSPS) is 17.9. The van der Waals surface area contributed by atoms with Gasteiger partial charge in [-0.25, -0.2) is 0 Å². The van der Waals surface area contributed by atoms with Gasteiger partial charge in [0.15, 0.2) is 0 Å². The van der Waals surface area contributed by atoms with Crippen molar-refractivity contribution in [3.8, 4) is 0 Å². The predicted octanol–water partition coefficient (Wildman–Crippen LogP) is 2.26. The van der Waals surface area contributed by atoms with Crippen LogP contribution in [0, 0.1) is 0 Å². The Morgan fingerprint density at radius 1 is 1.12 bits per heavy atom. The predicted molar refractivity (Wildman–Crippen MR) is 104 cm³/mol.